The molecule has 98 valence electrons. The Balaban J connectivity index is 1.66. The fraction of sp³-hybridized carbons (Fsp3) is 0.625. The molecular weight excluding hydrogens is 222 g/mol. The number of fused-ring (bicyclic) bond motifs is 1. The number of ether oxygens (including phenoxy) is 1. The second kappa shape index (κ2) is 5.41. The molecule has 18 heavy (non-hydrogen) atoms. The van der Waals surface area contributed by atoms with Crippen molar-refractivity contribution in [2.75, 3.05) is 13.2 Å². The van der Waals surface area contributed by atoms with E-state index in [-0.39, 0.29) is 6.04 Å². The van der Waals surface area contributed by atoms with Crippen molar-refractivity contribution < 1.29 is 4.74 Å². The third-order valence-corrected chi connectivity index (χ3v) is 4.48. The maximum absolute atomic E-state index is 6.38. The fourth-order valence-corrected chi connectivity index (χ4v) is 3.30. The highest BCUT2D eigenvalue weighted by Gasteiger charge is 2.19. The van der Waals surface area contributed by atoms with Crippen molar-refractivity contribution in [3.8, 4) is 0 Å². The average Bonchev–Trinajstić information content (AvgIpc) is 2.87. The van der Waals surface area contributed by atoms with Gasteiger partial charge < -0.3 is 10.5 Å². The summed E-state index contributed by atoms with van der Waals surface area (Å²) >= 11 is 0. The minimum atomic E-state index is 0.207. The van der Waals surface area contributed by atoms with Crippen LogP contribution in [0.4, 0.5) is 0 Å². The molecule has 1 aliphatic heterocycles. The molecule has 1 unspecified atom stereocenters. The van der Waals surface area contributed by atoms with Crippen LogP contribution in [-0.4, -0.2) is 13.2 Å². The van der Waals surface area contributed by atoms with Gasteiger partial charge in [0.2, 0.25) is 0 Å². The van der Waals surface area contributed by atoms with Gasteiger partial charge in [-0.3, -0.25) is 0 Å². The first-order valence-electron chi connectivity index (χ1n) is 7.28. The van der Waals surface area contributed by atoms with Crippen molar-refractivity contribution in [2.24, 2.45) is 11.7 Å². The summed E-state index contributed by atoms with van der Waals surface area (Å²) in [5.74, 6) is 0.752. The van der Waals surface area contributed by atoms with Crippen molar-refractivity contribution in [3.63, 3.8) is 0 Å². The molecule has 1 fully saturated rings. The first kappa shape index (κ1) is 12.2. The Bertz CT molecular complexity index is 410. The maximum atomic E-state index is 6.38. The van der Waals surface area contributed by atoms with Crippen LogP contribution in [0.5, 0.6) is 0 Å². The van der Waals surface area contributed by atoms with E-state index in [1.165, 1.54) is 48.8 Å². The molecule has 0 radical (unpaired) electrons. The molecule has 2 N–H and O–H groups in total. The predicted molar refractivity (Wildman–Crippen MR) is 73.6 cm³/mol. The van der Waals surface area contributed by atoms with Crippen LogP contribution in [0.2, 0.25) is 0 Å². The molecule has 1 aromatic carbocycles. The van der Waals surface area contributed by atoms with Gasteiger partial charge in [0.25, 0.3) is 0 Å². The molecule has 0 saturated carbocycles. The zero-order valence-corrected chi connectivity index (χ0v) is 11.0. The zero-order valence-electron chi connectivity index (χ0n) is 11.0. The SMILES string of the molecule is NC(CC1CCOCC1)c1ccc2c(c1)CCC2. The van der Waals surface area contributed by atoms with Gasteiger partial charge in [-0.05, 0) is 61.1 Å². The Kier molecular flexibility index (Phi) is 3.67. The normalized spacial score (nSPS) is 21.8. The van der Waals surface area contributed by atoms with Crippen molar-refractivity contribution in [1.82, 2.24) is 0 Å². The number of hydrogen-bond donors (Lipinski definition) is 1. The molecule has 2 aliphatic rings. The zero-order chi connectivity index (χ0) is 12.4. The molecule has 1 aromatic rings. The van der Waals surface area contributed by atoms with E-state index in [9.17, 15) is 0 Å². The van der Waals surface area contributed by atoms with Gasteiger partial charge in [0.1, 0.15) is 0 Å². The minimum absolute atomic E-state index is 0.207. The van der Waals surface area contributed by atoms with Crippen LogP contribution >= 0.6 is 0 Å². The molecule has 0 bridgehead atoms. The largest absolute Gasteiger partial charge is 0.381 e. The van der Waals surface area contributed by atoms with Gasteiger partial charge in [-0.15, -0.1) is 0 Å². The average molecular weight is 245 g/mol. The molecule has 0 aromatic heterocycles. The molecule has 0 spiro atoms. The Morgan fingerprint density at radius 2 is 1.94 bits per heavy atom. The van der Waals surface area contributed by atoms with E-state index in [0.717, 1.165) is 25.6 Å². The number of rotatable bonds is 3. The van der Waals surface area contributed by atoms with E-state index >= 15 is 0 Å². The topological polar surface area (TPSA) is 35.2 Å². The van der Waals surface area contributed by atoms with Gasteiger partial charge >= 0.3 is 0 Å². The van der Waals surface area contributed by atoms with Gasteiger partial charge in [-0.25, -0.2) is 0 Å². The molecule has 1 atom stereocenters. The molecular formula is C16H23NO. The van der Waals surface area contributed by atoms with E-state index in [0.29, 0.717) is 0 Å². The highest BCUT2D eigenvalue weighted by molar-refractivity contribution is 5.36. The second-order valence-corrected chi connectivity index (χ2v) is 5.78. The molecule has 2 heteroatoms. The van der Waals surface area contributed by atoms with Crippen LogP contribution in [0.25, 0.3) is 0 Å². The maximum Gasteiger partial charge on any atom is 0.0468 e. The van der Waals surface area contributed by atoms with Crippen LogP contribution in [0.15, 0.2) is 18.2 Å². The first-order chi connectivity index (χ1) is 8.83. The molecule has 0 amide bonds. The smallest absolute Gasteiger partial charge is 0.0468 e. The van der Waals surface area contributed by atoms with E-state index < -0.39 is 0 Å². The number of benzene rings is 1. The fourth-order valence-electron chi connectivity index (χ4n) is 3.30. The number of hydrogen-bond acceptors (Lipinski definition) is 2. The lowest BCUT2D eigenvalue weighted by atomic mass is 9.89. The monoisotopic (exact) mass is 245 g/mol. The molecule has 1 heterocycles. The second-order valence-electron chi connectivity index (χ2n) is 5.78. The summed E-state index contributed by atoms with van der Waals surface area (Å²) in [5.41, 5.74) is 10.8. The summed E-state index contributed by atoms with van der Waals surface area (Å²) in [5, 5.41) is 0. The summed E-state index contributed by atoms with van der Waals surface area (Å²) in [6, 6.07) is 7.10. The van der Waals surface area contributed by atoms with Crippen LogP contribution in [-0.2, 0) is 17.6 Å². The third kappa shape index (κ3) is 2.60. The van der Waals surface area contributed by atoms with Crippen LogP contribution < -0.4 is 5.73 Å². The molecule has 2 nitrogen and oxygen atoms in total. The Hall–Kier alpha value is -0.860. The molecule has 1 saturated heterocycles. The van der Waals surface area contributed by atoms with Crippen LogP contribution in [0, 0.1) is 5.92 Å². The van der Waals surface area contributed by atoms with Crippen molar-refractivity contribution in [3.05, 3.63) is 34.9 Å². The number of aryl methyl sites for hydroxylation is 2. The summed E-state index contributed by atoms with van der Waals surface area (Å²) in [6.07, 6.45) is 7.28. The standard InChI is InChI=1S/C16H23NO/c17-16(10-12-6-8-18-9-7-12)15-5-4-13-2-1-3-14(13)11-15/h4-5,11-12,16H,1-3,6-10,17H2. The summed E-state index contributed by atoms with van der Waals surface area (Å²) in [6.45, 7) is 1.84. The van der Waals surface area contributed by atoms with Gasteiger partial charge in [-0.1, -0.05) is 18.2 Å². The van der Waals surface area contributed by atoms with E-state index in [4.69, 9.17) is 10.5 Å². The van der Waals surface area contributed by atoms with Gasteiger partial charge in [0.15, 0.2) is 0 Å². The molecule has 1 aliphatic carbocycles. The first-order valence-corrected chi connectivity index (χ1v) is 7.28. The van der Waals surface area contributed by atoms with Gasteiger partial charge in [-0.2, -0.15) is 0 Å². The minimum Gasteiger partial charge on any atom is -0.381 e. The molecule has 3 rings (SSSR count). The Morgan fingerprint density at radius 3 is 2.78 bits per heavy atom. The summed E-state index contributed by atoms with van der Waals surface area (Å²) in [7, 11) is 0. The van der Waals surface area contributed by atoms with Crippen molar-refractivity contribution >= 4 is 0 Å². The lowest BCUT2D eigenvalue weighted by Gasteiger charge is -2.25. The highest BCUT2D eigenvalue weighted by Crippen LogP contribution is 2.29. The van der Waals surface area contributed by atoms with Crippen LogP contribution in [0.1, 0.15) is 48.4 Å². The van der Waals surface area contributed by atoms with Gasteiger partial charge in [0, 0.05) is 19.3 Å². The summed E-state index contributed by atoms with van der Waals surface area (Å²) < 4.78 is 5.41. The number of nitrogens with two attached hydrogens (primary N) is 1. The van der Waals surface area contributed by atoms with E-state index in [1.54, 1.807) is 0 Å². The lowest BCUT2D eigenvalue weighted by Crippen LogP contribution is -2.21. The summed E-state index contributed by atoms with van der Waals surface area (Å²) in [4.78, 5) is 0. The highest BCUT2D eigenvalue weighted by atomic mass is 16.5. The van der Waals surface area contributed by atoms with Crippen molar-refractivity contribution in [1.29, 1.82) is 0 Å². The Labute approximate surface area is 110 Å². The Morgan fingerprint density at radius 1 is 1.17 bits per heavy atom. The quantitative estimate of drug-likeness (QED) is 0.888. The van der Waals surface area contributed by atoms with E-state index in [1.807, 2.05) is 0 Å². The van der Waals surface area contributed by atoms with E-state index in [2.05, 4.69) is 18.2 Å². The predicted octanol–water partition coefficient (Wildman–Crippen LogP) is 2.99. The van der Waals surface area contributed by atoms with Gasteiger partial charge in [0.05, 0.1) is 0 Å². The lowest BCUT2D eigenvalue weighted by molar-refractivity contribution is 0.0618. The third-order valence-electron chi connectivity index (χ3n) is 4.48. The van der Waals surface area contributed by atoms with Crippen molar-refractivity contribution in [2.45, 2.75) is 44.6 Å². The van der Waals surface area contributed by atoms with Crippen LogP contribution in [0.3, 0.4) is 0 Å².